The molecule has 4 aliphatic rings. The van der Waals surface area contributed by atoms with Crippen molar-refractivity contribution in [3.05, 3.63) is 0 Å². The average Bonchev–Trinajstić information content (AvgIpc) is 3.17. The smallest absolute Gasteiger partial charge is 0.146 e. The number of nitrogens with zero attached hydrogens (tertiary/aromatic N) is 1. The van der Waals surface area contributed by atoms with E-state index in [1.807, 2.05) is 0 Å². The van der Waals surface area contributed by atoms with Gasteiger partial charge in [0.2, 0.25) is 0 Å². The molecule has 0 bridgehead atoms. The van der Waals surface area contributed by atoms with Gasteiger partial charge in [-0.05, 0) is 103 Å². The van der Waals surface area contributed by atoms with Crippen LogP contribution in [0.5, 0.6) is 0 Å². The Kier molecular flexibility index (Phi) is 8.18. The largest absolute Gasteiger partial charge is 0.409 e. The molecule has 4 fully saturated rings. The minimum atomic E-state index is 0.312. The van der Waals surface area contributed by atoms with Crippen molar-refractivity contribution in [1.82, 2.24) is 0 Å². The monoisotopic (exact) mass is 490 g/mol. The summed E-state index contributed by atoms with van der Waals surface area (Å²) in [6.07, 6.45) is 11.3. The number of ether oxygens (including phenoxy) is 2. The molecule has 0 aliphatic heterocycles. The van der Waals surface area contributed by atoms with E-state index in [1.165, 1.54) is 44.9 Å². The second-order valence-electron chi connectivity index (χ2n) is 13.8. The highest BCUT2D eigenvalue weighted by Gasteiger charge is 2.66. The fraction of sp³-hybridized carbons (Fsp3) is 0.967. The van der Waals surface area contributed by atoms with Gasteiger partial charge in [0.25, 0.3) is 0 Å². The molecule has 0 spiro atoms. The number of amidine groups is 1. The van der Waals surface area contributed by atoms with E-state index in [1.54, 1.807) is 7.11 Å². The highest BCUT2D eigenvalue weighted by Crippen LogP contribution is 2.71. The van der Waals surface area contributed by atoms with E-state index in [0.29, 0.717) is 71.5 Å². The lowest BCUT2D eigenvalue weighted by atomic mass is 9.39. The quantitative estimate of drug-likeness (QED) is 0.127. The van der Waals surface area contributed by atoms with Crippen LogP contribution in [0.3, 0.4) is 0 Å². The molecule has 4 saturated carbocycles. The Morgan fingerprint density at radius 2 is 1.89 bits per heavy atom. The molecule has 4 aliphatic carbocycles. The summed E-state index contributed by atoms with van der Waals surface area (Å²) in [5.41, 5.74) is 6.62. The Bertz CT molecular complexity index is 758. The van der Waals surface area contributed by atoms with Crippen LogP contribution in [0.15, 0.2) is 5.16 Å². The molecule has 0 radical (unpaired) electrons. The van der Waals surface area contributed by atoms with Crippen LogP contribution in [0.2, 0.25) is 0 Å². The van der Waals surface area contributed by atoms with Gasteiger partial charge in [-0.2, -0.15) is 0 Å². The van der Waals surface area contributed by atoms with Gasteiger partial charge in [0.15, 0.2) is 0 Å². The third-order valence-corrected chi connectivity index (χ3v) is 12.0. The van der Waals surface area contributed by atoms with Crippen LogP contribution in [0.4, 0.5) is 0 Å². The second-order valence-corrected chi connectivity index (χ2v) is 13.8. The zero-order chi connectivity index (χ0) is 25.5. The summed E-state index contributed by atoms with van der Waals surface area (Å²) < 4.78 is 12.3. The molecule has 5 nitrogen and oxygen atoms in total. The van der Waals surface area contributed by atoms with Crippen molar-refractivity contribution in [1.29, 1.82) is 0 Å². The minimum Gasteiger partial charge on any atom is -0.409 e. The van der Waals surface area contributed by atoms with Crippen LogP contribution in [-0.4, -0.2) is 31.0 Å². The van der Waals surface area contributed by atoms with Gasteiger partial charge in [-0.1, -0.05) is 59.5 Å². The summed E-state index contributed by atoms with van der Waals surface area (Å²) >= 11 is 0. The number of hydrogen-bond donors (Lipinski definition) is 2. The number of nitrogens with two attached hydrogens (primary N) is 1. The predicted molar refractivity (Wildman–Crippen MR) is 142 cm³/mol. The van der Waals surface area contributed by atoms with E-state index in [-0.39, 0.29) is 0 Å². The van der Waals surface area contributed by atoms with Crippen molar-refractivity contribution in [2.75, 3.05) is 13.9 Å². The Morgan fingerprint density at radius 1 is 1.14 bits per heavy atom. The van der Waals surface area contributed by atoms with Crippen molar-refractivity contribution in [3.63, 3.8) is 0 Å². The first kappa shape index (κ1) is 27.2. The zero-order valence-corrected chi connectivity index (χ0v) is 23.6. The number of oxime groups is 1. The van der Waals surface area contributed by atoms with Gasteiger partial charge in [-0.3, -0.25) is 0 Å². The molecule has 12 atom stereocenters. The maximum absolute atomic E-state index is 9.04. The Morgan fingerprint density at radius 3 is 2.54 bits per heavy atom. The summed E-state index contributed by atoms with van der Waals surface area (Å²) in [6, 6.07) is 0. The van der Waals surface area contributed by atoms with Crippen molar-refractivity contribution in [3.8, 4) is 0 Å². The maximum Gasteiger partial charge on any atom is 0.146 e. The van der Waals surface area contributed by atoms with E-state index < -0.39 is 0 Å². The maximum atomic E-state index is 9.04. The van der Waals surface area contributed by atoms with Crippen molar-refractivity contribution >= 4 is 5.84 Å². The standard InChI is InChI=1S/C30H54N2O3/c1-8-21-24-15-18(2)13-14-29(24,5)27-20(4)16-30(6)22(19(3)9-12-25(31)32-33)10-11-23(30)26(27)28(21)35-17-34-7/h18-24,26-28,33H,8-17H2,1-7H3,(H2,31,32)/t18-,19-,20?,21-,22-,23?,24+,26?,27?,28?,29+,30-/m1/s1. The fourth-order valence-electron chi connectivity index (χ4n) is 10.8. The summed E-state index contributed by atoms with van der Waals surface area (Å²) in [4.78, 5) is 0. The summed E-state index contributed by atoms with van der Waals surface area (Å²) in [5.74, 6) is 6.67. The van der Waals surface area contributed by atoms with Gasteiger partial charge in [-0.25, -0.2) is 0 Å². The van der Waals surface area contributed by atoms with Crippen molar-refractivity contribution < 1.29 is 14.7 Å². The highest BCUT2D eigenvalue weighted by atomic mass is 16.7. The van der Waals surface area contributed by atoms with E-state index in [2.05, 4.69) is 46.7 Å². The van der Waals surface area contributed by atoms with Crippen molar-refractivity contribution in [2.24, 2.45) is 75.0 Å². The third-order valence-electron chi connectivity index (χ3n) is 12.0. The summed E-state index contributed by atoms with van der Waals surface area (Å²) in [6.45, 7) is 15.6. The number of methoxy groups -OCH3 is 1. The van der Waals surface area contributed by atoms with Gasteiger partial charge in [0, 0.05) is 13.5 Å². The molecular formula is C30H54N2O3. The molecule has 0 amide bonds. The van der Waals surface area contributed by atoms with Crippen molar-refractivity contribution in [2.45, 2.75) is 105 Å². The third kappa shape index (κ3) is 4.56. The second kappa shape index (κ2) is 10.5. The molecule has 202 valence electrons. The molecule has 5 unspecified atom stereocenters. The molecule has 35 heavy (non-hydrogen) atoms. The van der Waals surface area contributed by atoms with Gasteiger partial charge in [-0.15, -0.1) is 0 Å². The normalized spacial score (nSPS) is 48.7. The predicted octanol–water partition coefficient (Wildman–Crippen LogP) is 6.93. The van der Waals surface area contributed by atoms with Crippen LogP contribution in [-0.2, 0) is 9.47 Å². The Labute approximate surface area is 215 Å². The molecule has 0 aromatic rings. The lowest BCUT2D eigenvalue weighted by Gasteiger charge is -2.67. The first-order chi connectivity index (χ1) is 16.6. The minimum absolute atomic E-state index is 0.312. The average molecular weight is 491 g/mol. The Balaban J connectivity index is 1.69. The molecular weight excluding hydrogens is 436 g/mol. The number of hydrogen-bond acceptors (Lipinski definition) is 4. The molecule has 3 N–H and O–H groups in total. The van der Waals surface area contributed by atoms with Crippen LogP contribution in [0, 0.1) is 64.1 Å². The van der Waals surface area contributed by atoms with E-state index in [0.717, 1.165) is 24.2 Å². The SMILES string of the molecule is CC[C@H]1C(OCOC)C2C3CC[C@H]([C@H](C)CCC(N)=NO)[C@@]3(C)CC(C)C2[C@@]2(C)CC[C@@H](C)C[C@@H]12. The summed E-state index contributed by atoms with van der Waals surface area (Å²) in [7, 11) is 1.77. The zero-order valence-electron chi connectivity index (χ0n) is 23.6. The van der Waals surface area contributed by atoms with E-state index >= 15 is 0 Å². The van der Waals surface area contributed by atoms with Gasteiger partial charge in [0.05, 0.1) is 6.10 Å². The Hall–Kier alpha value is -0.810. The highest BCUT2D eigenvalue weighted by molar-refractivity contribution is 5.79. The van der Waals surface area contributed by atoms with Gasteiger partial charge >= 0.3 is 0 Å². The first-order valence-corrected chi connectivity index (χ1v) is 14.7. The molecule has 5 heteroatoms. The van der Waals surface area contributed by atoms with E-state index in [4.69, 9.17) is 20.4 Å². The molecule has 4 rings (SSSR count). The van der Waals surface area contributed by atoms with Crippen LogP contribution >= 0.6 is 0 Å². The lowest BCUT2D eigenvalue weighted by Crippen LogP contribution is -2.64. The molecule has 0 aromatic heterocycles. The van der Waals surface area contributed by atoms with Crippen LogP contribution in [0.25, 0.3) is 0 Å². The molecule has 0 aromatic carbocycles. The number of rotatable bonds is 8. The molecule has 0 heterocycles. The van der Waals surface area contributed by atoms with Gasteiger partial charge in [0.1, 0.15) is 12.6 Å². The lowest BCUT2D eigenvalue weighted by molar-refractivity contribution is -0.244. The van der Waals surface area contributed by atoms with E-state index in [9.17, 15) is 0 Å². The summed E-state index contributed by atoms with van der Waals surface area (Å²) in [5, 5.41) is 12.3. The first-order valence-electron chi connectivity index (χ1n) is 14.7. The fourth-order valence-corrected chi connectivity index (χ4v) is 10.8. The molecule has 0 saturated heterocycles. The van der Waals surface area contributed by atoms with Crippen LogP contribution < -0.4 is 5.73 Å². The van der Waals surface area contributed by atoms with Crippen LogP contribution in [0.1, 0.15) is 99.3 Å². The number of fused-ring (bicyclic) bond motifs is 5. The topological polar surface area (TPSA) is 77.1 Å². The van der Waals surface area contributed by atoms with Gasteiger partial charge < -0.3 is 20.4 Å².